The number of aryl methyl sites for hydroxylation is 1. The van der Waals surface area contributed by atoms with Crippen molar-refractivity contribution in [3.05, 3.63) is 22.4 Å². The molecule has 86 valence electrons. The number of rotatable bonds is 6. The number of hydrogen-bond acceptors (Lipinski definition) is 3. The van der Waals surface area contributed by atoms with Crippen LogP contribution in [-0.4, -0.2) is 18.8 Å². The minimum atomic E-state index is -0.102. The molecule has 2 N–H and O–H groups in total. The first-order chi connectivity index (χ1) is 7.03. The van der Waals surface area contributed by atoms with Crippen LogP contribution in [0.15, 0.2) is 17.5 Å². The van der Waals surface area contributed by atoms with Gasteiger partial charge in [0.2, 0.25) is 0 Å². The van der Waals surface area contributed by atoms with E-state index in [0.29, 0.717) is 0 Å². The van der Waals surface area contributed by atoms with Gasteiger partial charge in [-0.05, 0) is 44.6 Å². The van der Waals surface area contributed by atoms with Crippen molar-refractivity contribution in [1.29, 1.82) is 0 Å². The molecule has 1 aromatic heterocycles. The quantitative estimate of drug-likeness (QED) is 0.811. The zero-order valence-corrected chi connectivity index (χ0v) is 10.6. The standard InChI is InChI=1S/C12H21NOS/c1-12(2,14-3)9-10(13)6-7-11-5-4-8-15-11/h4-5,8,10H,6-7,9,13H2,1-3H3. The van der Waals surface area contributed by atoms with Crippen LogP contribution in [0, 0.1) is 0 Å². The lowest BCUT2D eigenvalue weighted by atomic mass is 9.96. The molecule has 0 fully saturated rings. The summed E-state index contributed by atoms with van der Waals surface area (Å²) in [6, 6.07) is 4.48. The fourth-order valence-corrected chi connectivity index (χ4v) is 2.32. The smallest absolute Gasteiger partial charge is 0.0637 e. The van der Waals surface area contributed by atoms with Crippen molar-refractivity contribution in [2.45, 2.75) is 44.8 Å². The van der Waals surface area contributed by atoms with E-state index in [4.69, 9.17) is 10.5 Å². The van der Waals surface area contributed by atoms with Crippen LogP contribution in [0.4, 0.5) is 0 Å². The van der Waals surface area contributed by atoms with Gasteiger partial charge in [0.25, 0.3) is 0 Å². The summed E-state index contributed by atoms with van der Waals surface area (Å²) in [5.74, 6) is 0. The normalized spacial score (nSPS) is 14.1. The summed E-state index contributed by atoms with van der Waals surface area (Å²) in [4.78, 5) is 1.42. The summed E-state index contributed by atoms with van der Waals surface area (Å²) in [6.45, 7) is 4.16. The van der Waals surface area contributed by atoms with Crippen molar-refractivity contribution in [2.24, 2.45) is 5.73 Å². The van der Waals surface area contributed by atoms with Crippen LogP contribution in [0.3, 0.4) is 0 Å². The Bertz CT molecular complexity index is 269. The van der Waals surface area contributed by atoms with Crippen molar-refractivity contribution in [3.8, 4) is 0 Å². The predicted octanol–water partition coefficient (Wildman–Crippen LogP) is 2.82. The highest BCUT2D eigenvalue weighted by Gasteiger charge is 2.20. The van der Waals surface area contributed by atoms with Crippen LogP contribution in [0.5, 0.6) is 0 Å². The van der Waals surface area contributed by atoms with Crippen LogP contribution < -0.4 is 5.73 Å². The number of hydrogen-bond donors (Lipinski definition) is 1. The molecular weight excluding hydrogens is 206 g/mol. The van der Waals surface area contributed by atoms with Gasteiger partial charge in [-0.2, -0.15) is 0 Å². The molecule has 2 nitrogen and oxygen atoms in total. The third-order valence-electron chi connectivity index (χ3n) is 2.65. The molecule has 0 aliphatic rings. The van der Waals surface area contributed by atoms with E-state index in [2.05, 4.69) is 31.4 Å². The maximum atomic E-state index is 6.08. The molecule has 0 radical (unpaired) electrons. The second-order valence-corrected chi connectivity index (χ2v) is 5.58. The largest absolute Gasteiger partial charge is 0.379 e. The molecule has 15 heavy (non-hydrogen) atoms. The molecule has 1 aromatic rings. The number of ether oxygens (including phenoxy) is 1. The average Bonchev–Trinajstić information content (AvgIpc) is 2.66. The fourth-order valence-electron chi connectivity index (χ4n) is 1.60. The van der Waals surface area contributed by atoms with E-state index in [9.17, 15) is 0 Å². The van der Waals surface area contributed by atoms with E-state index in [-0.39, 0.29) is 11.6 Å². The van der Waals surface area contributed by atoms with Gasteiger partial charge < -0.3 is 10.5 Å². The van der Waals surface area contributed by atoms with Crippen LogP contribution in [0.1, 0.15) is 31.6 Å². The second-order valence-electron chi connectivity index (χ2n) is 4.55. The third-order valence-corrected chi connectivity index (χ3v) is 3.58. The average molecular weight is 227 g/mol. The van der Waals surface area contributed by atoms with Crippen molar-refractivity contribution in [2.75, 3.05) is 7.11 Å². The molecule has 0 bridgehead atoms. The SMILES string of the molecule is COC(C)(C)CC(N)CCc1cccs1. The van der Waals surface area contributed by atoms with Gasteiger partial charge in [0.15, 0.2) is 0 Å². The Morgan fingerprint density at radius 2 is 2.27 bits per heavy atom. The van der Waals surface area contributed by atoms with E-state index in [0.717, 1.165) is 19.3 Å². The van der Waals surface area contributed by atoms with E-state index >= 15 is 0 Å². The van der Waals surface area contributed by atoms with E-state index in [1.54, 1.807) is 18.4 Å². The zero-order chi connectivity index (χ0) is 11.3. The van der Waals surface area contributed by atoms with Gasteiger partial charge in [-0.1, -0.05) is 6.07 Å². The summed E-state index contributed by atoms with van der Waals surface area (Å²) in [6.07, 6.45) is 3.03. The topological polar surface area (TPSA) is 35.2 Å². The van der Waals surface area contributed by atoms with E-state index in [1.807, 2.05) is 0 Å². The molecule has 0 saturated heterocycles. The summed E-state index contributed by atoms with van der Waals surface area (Å²) >= 11 is 1.80. The molecule has 1 atom stereocenters. The minimum Gasteiger partial charge on any atom is -0.379 e. The molecule has 0 spiro atoms. The lowest BCUT2D eigenvalue weighted by molar-refractivity contribution is 0.00961. The maximum absolute atomic E-state index is 6.08. The summed E-state index contributed by atoms with van der Waals surface area (Å²) < 4.78 is 5.37. The van der Waals surface area contributed by atoms with Gasteiger partial charge in [-0.25, -0.2) is 0 Å². The lowest BCUT2D eigenvalue weighted by Gasteiger charge is -2.26. The Labute approximate surface area is 96.4 Å². The van der Waals surface area contributed by atoms with Crippen molar-refractivity contribution >= 4 is 11.3 Å². The van der Waals surface area contributed by atoms with Gasteiger partial charge in [0.05, 0.1) is 5.60 Å². The number of thiophene rings is 1. The van der Waals surface area contributed by atoms with Gasteiger partial charge in [0, 0.05) is 18.0 Å². The Balaban J connectivity index is 2.27. The summed E-state index contributed by atoms with van der Waals surface area (Å²) in [7, 11) is 1.74. The number of nitrogens with two attached hydrogens (primary N) is 1. The Morgan fingerprint density at radius 1 is 1.53 bits per heavy atom. The molecule has 0 aromatic carbocycles. The monoisotopic (exact) mass is 227 g/mol. The van der Waals surface area contributed by atoms with Gasteiger partial charge >= 0.3 is 0 Å². The first-order valence-corrected chi connectivity index (χ1v) is 6.24. The van der Waals surface area contributed by atoms with Gasteiger partial charge in [-0.15, -0.1) is 11.3 Å². The first-order valence-electron chi connectivity index (χ1n) is 5.36. The maximum Gasteiger partial charge on any atom is 0.0637 e. The predicted molar refractivity (Wildman–Crippen MR) is 66.3 cm³/mol. The number of methoxy groups -OCH3 is 1. The lowest BCUT2D eigenvalue weighted by Crippen LogP contribution is -2.33. The summed E-state index contributed by atoms with van der Waals surface area (Å²) in [5, 5.41) is 2.11. The van der Waals surface area contributed by atoms with E-state index < -0.39 is 0 Å². The molecule has 1 unspecified atom stereocenters. The molecule has 1 rings (SSSR count). The molecule has 0 aliphatic heterocycles. The Morgan fingerprint density at radius 3 is 2.80 bits per heavy atom. The Kier molecular flexibility index (Phi) is 4.77. The molecule has 0 saturated carbocycles. The van der Waals surface area contributed by atoms with Crippen molar-refractivity contribution in [1.82, 2.24) is 0 Å². The highest BCUT2D eigenvalue weighted by atomic mass is 32.1. The minimum absolute atomic E-state index is 0.102. The van der Waals surface area contributed by atoms with E-state index in [1.165, 1.54) is 4.88 Å². The van der Waals surface area contributed by atoms with Crippen molar-refractivity contribution in [3.63, 3.8) is 0 Å². The van der Waals surface area contributed by atoms with Crippen LogP contribution in [0.2, 0.25) is 0 Å². The van der Waals surface area contributed by atoms with Crippen molar-refractivity contribution < 1.29 is 4.74 Å². The Hall–Kier alpha value is -0.380. The molecular formula is C12H21NOS. The van der Waals surface area contributed by atoms with Gasteiger partial charge in [-0.3, -0.25) is 0 Å². The van der Waals surface area contributed by atoms with Crippen LogP contribution in [-0.2, 0) is 11.2 Å². The van der Waals surface area contributed by atoms with Gasteiger partial charge in [0.1, 0.15) is 0 Å². The zero-order valence-electron chi connectivity index (χ0n) is 9.82. The molecule has 0 amide bonds. The fraction of sp³-hybridized carbons (Fsp3) is 0.667. The third kappa shape index (κ3) is 4.78. The highest BCUT2D eigenvalue weighted by Crippen LogP contribution is 2.18. The highest BCUT2D eigenvalue weighted by molar-refractivity contribution is 7.09. The second kappa shape index (κ2) is 5.64. The van der Waals surface area contributed by atoms with Crippen LogP contribution in [0.25, 0.3) is 0 Å². The molecule has 0 aliphatic carbocycles. The first kappa shape index (κ1) is 12.7. The summed E-state index contributed by atoms with van der Waals surface area (Å²) in [5.41, 5.74) is 5.97. The van der Waals surface area contributed by atoms with Crippen LogP contribution >= 0.6 is 11.3 Å². The molecule has 1 heterocycles. The molecule has 3 heteroatoms.